The fourth-order valence-electron chi connectivity index (χ4n) is 2.05. The topological polar surface area (TPSA) is 75.8 Å². The summed E-state index contributed by atoms with van der Waals surface area (Å²) < 4.78 is 5.56. The van der Waals surface area contributed by atoms with Crippen LogP contribution in [0.2, 0.25) is 0 Å². The quantitative estimate of drug-likeness (QED) is 0.623. The highest BCUT2D eigenvalue weighted by molar-refractivity contribution is 5.80. The van der Waals surface area contributed by atoms with Gasteiger partial charge in [-0.25, -0.2) is 0 Å². The molecule has 0 aromatic carbocycles. The molecule has 3 N–H and O–H groups in total. The average Bonchev–Trinajstić information content (AvgIpc) is 2.82. The van der Waals surface area contributed by atoms with E-state index < -0.39 is 0 Å². The first-order valence-corrected chi connectivity index (χ1v) is 6.40. The maximum atomic E-state index is 12.0. The molecule has 5 nitrogen and oxygen atoms in total. The number of aliphatic hydroxyl groups excluding tert-OH is 1. The summed E-state index contributed by atoms with van der Waals surface area (Å²) in [6.45, 7) is 1.44. The number of carbonyl (C=O) groups is 1. The van der Waals surface area contributed by atoms with Crippen LogP contribution >= 0.6 is 0 Å². The van der Waals surface area contributed by atoms with Crippen LogP contribution in [-0.4, -0.2) is 54.9 Å². The van der Waals surface area contributed by atoms with Crippen LogP contribution < -0.4 is 5.73 Å². The van der Waals surface area contributed by atoms with E-state index in [4.69, 9.17) is 15.6 Å². The Kier molecular flexibility index (Phi) is 6.47. The largest absolute Gasteiger partial charge is 0.396 e. The summed E-state index contributed by atoms with van der Waals surface area (Å²) in [5.41, 5.74) is 5.51. The highest BCUT2D eigenvalue weighted by Gasteiger charge is 2.31. The monoisotopic (exact) mass is 244 g/mol. The van der Waals surface area contributed by atoms with Crippen LogP contribution in [0.1, 0.15) is 32.1 Å². The van der Waals surface area contributed by atoms with Crippen molar-refractivity contribution in [2.75, 3.05) is 26.7 Å². The summed E-state index contributed by atoms with van der Waals surface area (Å²) in [5.74, 6) is 0.0601. The SMILES string of the molecule is CN(CCCCCO)C(=O)C1CCC(CN)O1. The third-order valence-electron chi connectivity index (χ3n) is 3.17. The Bertz CT molecular complexity index is 236. The van der Waals surface area contributed by atoms with E-state index in [0.29, 0.717) is 6.54 Å². The standard InChI is InChI=1S/C12H24N2O3/c1-14(7-3-2-4-8-15)12(16)11-6-5-10(9-13)17-11/h10-11,15H,2-9,13H2,1H3. The zero-order valence-corrected chi connectivity index (χ0v) is 10.6. The fourth-order valence-corrected chi connectivity index (χ4v) is 2.05. The summed E-state index contributed by atoms with van der Waals surface area (Å²) in [4.78, 5) is 13.7. The van der Waals surface area contributed by atoms with E-state index in [2.05, 4.69) is 0 Å². The van der Waals surface area contributed by atoms with Crippen molar-refractivity contribution in [3.63, 3.8) is 0 Å². The number of nitrogens with two attached hydrogens (primary N) is 1. The predicted octanol–water partition coefficient (Wildman–Crippen LogP) is 0.114. The van der Waals surface area contributed by atoms with Crippen molar-refractivity contribution < 1.29 is 14.6 Å². The first-order chi connectivity index (χ1) is 8.19. The maximum Gasteiger partial charge on any atom is 0.251 e. The lowest BCUT2D eigenvalue weighted by Gasteiger charge is -2.21. The minimum atomic E-state index is -0.300. The van der Waals surface area contributed by atoms with Gasteiger partial charge in [0.1, 0.15) is 6.10 Å². The molecule has 2 unspecified atom stereocenters. The van der Waals surface area contributed by atoms with Crippen molar-refractivity contribution >= 4 is 5.91 Å². The molecule has 2 atom stereocenters. The van der Waals surface area contributed by atoms with Gasteiger partial charge in [0.15, 0.2) is 0 Å². The Morgan fingerprint density at radius 3 is 2.76 bits per heavy atom. The summed E-state index contributed by atoms with van der Waals surface area (Å²) in [6, 6.07) is 0. The molecule has 1 fully saturated rings. The van der Waals surface area contributed by atoms with Gasteiger partial charge in [-0.2, -0.15) is 0 Å². The predicted molar refractivity (Wildman–Crippen MR) is 65.5 cm³/mol. The Balaban J connectivity index is 2.22. The van der Waals surface area contributed by atoms with Crippen molar-refractivity contribution in [3.8, 4) is 0 Å². The van der Waals surface area contributed by atoms with E-state index in [-0.39, 0.29) is 24.7 Å². The molecule has 1 amide bonds. The number of rotatable bonds is 7. The molecule has 5 heteroatoms. The van der Waals surface area contributed by atoms with Gasteiger partial charge in [0.2, 0.25) is 0 Å². The number of amides is 1. The molecule has 100 valence electrons. The Morgan fingerprint density at radius 1 is 1.41 bits per heavy atom. The molecule has 1 aliphatic heterocycles. The van der Waals surface area contributed by atoms with Gasteiger partial charge in [0, 0.05) is 26.7 Å². The minimum Gasteiger partial charge on any atom is -0.396 e. The number of likely N-dealkylation sites (N-methyl/N-ethyl adjacent to an activating group) is 1. The van der Waals surface area contributed by atoms with Gasteiger partial charge in [-0.1, -0.05) is 0 Å². The second-order valence-corrected chi connectivity index (χ2v) is 4.60. The molecule has 0 saturated carbocycles. The zero-order chi connectivity index (χ0) is 12.7. The molecule has 1 saturated heterocycles. The van der Waals surface area contributed by atoms with Crippen molar-refractivity contribution in [3.05, 3.63) is 0 Å². The molecule has 1 rings (SSSR count). The molecular formula is C12H24N2O3. The van der Waals surface area contributed by atoms with Crippen LogP contribution in [0.5, 0.6) is 0 Å². The van der Waals surface area contributed by atoms with E-state index in [1.165, 1.54) is 0 Å². The highest BCUT2D eigenvalue weighted by Crippen LogP contribution is 2.20. The average molecular weight is 244 g/mol. The number of nitrogens with zero attached hydrogens (tertiary/aromatic N) is 1. The molecule has 1 aliphatic rings. The molecule has 0 aliphatic carbocycles. The number of aliphatic hydroxyl groups is 1. The molecular weight excluding hydrogens is 220 g/mol. The third kappa shape index (κ3) is 4.61. The smallest absolute Gasteiger partial charge is 0.251 e. The van der Waals surface area contributed by atoms with Gasteiger partial charge in [-0.05, 0) is 32.1 Å². The van der Waals surface area contributed by atoms with E-state index >= 15 is 0 Å². The third-order valence-corrected chi connectivity index (χ3v) is 3.17. The Morgan fingerprint density at radius 2 is 2.18 bits per heavy atom. The van der Waals surface area contributed by atoms with Gasteiger partial charge in [0.25, 0.3) is 5.91 Å². The molecule has 0 spiro atoms. The fraction of sp³-hybridized carbons (Fsp3) is 0.917. The number of carbonyl (C=O) groups excluding carboxylic acids is 1. The van der Waals surface area contributed by atoms with Crippen LogP contribution in [0.3, 0.4) is 0 Å². The lowest BCUT2D eigenvalue weighted by Crippen LogP contribution is -2.37. The number of hydrogen-bond donors (Lipinski definition) is 2. The zero-order valence-electron chi connectivity index (χ0n) is 10.6. The first kappa shape index (κ1) is 14.4. The van der Waals surface area contributed by atoms with Gasteiger partial charge in [-0.3, -0.25) is 4.79 Å². The van der Waals surface area contributed by atoms with Crippen LogP contribution in [0, 0.1) is 0 Å². The molecule has 0 aromatic rings. The molecule has 0 aromatic heterocycles. The van der Waals surface area contributed by atoms with Crippen molar-refractivity contribution in [1.29, 1.82) is 0 Å². The Hall–Kier alpha value is -0.650. The second-order valence-electron chi connectivity index (χ2n) is 4.60. The van der Waals surface area contributed by atoms with Gasteiger partial charge >= 0.3 is 0 Å². The molecule has 1 heterocycles. The lowest BCUT2D eigenvalue weighted by molar-refractivity contribution is -0.141. The van der Waals surface area contributed by atoms with Crippen molar-refractivity contribution in [1.82, 2.24) is 4.90 Å². The van der Waals surface area contributed by atoms with E-state index in [1.54, 1.807) is 11.9 Å². The first-order valence-electron chi connectivity index (χ1n) is 6.40. The summed E-state index contributed by atoms with van der Waals surface area (Å²) in [6.07, 6.45) is 4.09. The van der Waals surface area contributed by atoms with Crippen LogP contribution in [0.25, 0.3) is 0 Å². The highest BCUT2D eigenvalue weighted by atomic mass is 16.5. The van der Waals surface area contributed by atoms with Gasteiger partial charge in [-0.15, -0.1) is 0 Å². The normalized spacial score (nSPS) is 23.9. The summed E-state index contributed by atoms with van der Waals surface area (Å²) in [7, 11) is 1.81. The number of unbranched alkanes of at least 4 members (excludes halogenated alkanes) is 2. The maximum absolute atomic E-state index is 12.0. The summed E-state index contributed by atoms with van der Waals surface area (Å²) >= 11 is 0. The van der Waals surface area contributed by atoms with Gasteiger partial charge in [0.05, 0.1) is 6.10 Å². The van der Waals surface area contributed by atoms with Crippen molar-refractivity contribution in [2.24, 2.45) is 5.73 Å². The van der Waals surface area contributed by atoms with Crippen LogP contribution in [0.4, 0.5) is 0 Å². The van der Waals surface area contributed by atoms with Gasteiger partial charge < -0.3 is 20.5 Å². The van der Waals surface area contributed by atoms with Crippen LogP contribution in [-0.2, 0) is 9.53 Å². The van der Waals surface area contributed by atoms with E-state index in [0.717, 1.165) is 38.6 Å². The minimum absolute atomic E-state index is 0.0479. The van der Waals surface area contributed by atoms with E-state index in [1.807, 2.05) is 0 Å². The number of hydrogen-bond acceptors (Lipinski definition) is 4. The van der Waals surface area contributed by atoms with E-state index in [9.17, 15) is 4.79 Å². The lowest BCUT2D eigenvalue weighted by atomic mass is 10.1. The summed E-state index contributed by atoms with van der Waals surface area (Å²) in [5, 5.41) is 8.66. The van der Waals surface area contributed by atoms with Crippen molar-refractivity contribution in [2.45, 2.75) is 44.3 Å². The van der Waals surface area contributed by atoms with Crippen LogP contribution in [0.15, 0.2) is 0 Å². The number of ether oxygens (including phenoxy) is 1. The Labute approximate surface area is 103 Å². The second kappa shape index (κ2) is 7.63. The molecule has 0 radical (unpaired) electrons. The molecule has 17 heavy (non-hydrogen) atoms. The molecule has 0 bridgehead atoms.